The van der Waals surface area contributed by atoms with Gasteiger partial charge in [-0.3, -0.25) is 13.9 Å². The minimum atomic E-state index is -3.61. The summed E-state index contributed by atoms with van der Waals surface area (Å²) < 4.78 is 30.7. The highest BCUT2D eigenvalue weighted by atomic mass is 32.2. The molecule has 0 aliphatic carbocycles. The zero-order valence-corrected chi connectivity index (χ0v) is 17.5. The van der Waals surface area contributed by atoms with Crippen LogP contribution in [0.25, 0.3) is 0 Å². The number of ether oxygens (including phenoxy) is 1. The van der Waals surface area contributed by atoms with Crippen LogP contribution in [0.5, 0.6) is 0 Å². The molecule has 9 heteroatoms. The van der Waals surface area contributed by atoms with Crippen LogP contribution in [-0.4, -0.2) is 63.9 Å². The summed E-state index contributed by atoms with van der Waals surface area (Å²) in [6.07, 6.45) is 4.07. The number of nitrogens with zero attached hydrogens (tertiary/aromatic N) is 2. The molecular weight excluding hydrogens is 388 g/mol. The van der Waals surface area contributed by atoms with Gasteiger partial charge in [0.2, 0.25) is 15.9 Å². The van der Waals surface area contributed by atoms with Crippen molar-refractivity contribution in [3.05, 3.63) is 24.3 Å². The van der Waals surface area contributed by atoms with Crippen molar-refractivity contribution in [2.75, 3.05) is 43.1 Å². The zero-order valence-electron chi connectivity index (χ0n) is 15.9. The van der Waals surface area contributed by atoms with E-state index in [2.05, 4.69) is 0 Å². The van der Waals surface area contributed by atoms with Crippen LogP contribution in [0.1, 0.15) is 19.8 Å². The van der Waals surface area contributed by atoms with E-state index in [1.54, 1.807) is 30.0 Å². The van der Waals surface area contributed by atoms with E-state index in [4.69, 9.17) is 4.74 Å². The number of likely N-dealkylation sites (tertiary alicyclic amines) is 1. The lowest BCUT2D eigenvalue weighted by Gasteiger charge is -2.32. The van der Waals surface area contributed by atoms with Gasteiger partial charge in [-0.2, -0.15) is 0 Å². The average Bonchev–Trinajstić information content (AvgIpc) is 2.65. The van der Waals surface area contributed by atoms with Gasteiger partial charge in [-0.15, -0.1) is 11.8 Å². The molecule has 1 amide bonds. The normalized spacial score (nSPS) is 15.4. The number of sulfonamides is 1. The summed E-state index contributed by atoms with van der Waals surface area (Å²) in [5.41, 5.74) is 0.471. The highest BCUT2D eigenvalue weighted by Crippen LogP contribution is 2.25. The predicted octanol–water partition coefficient (Wildman–Crippen LogP) is 1.98. The average molecular weight is 415 g/mol. The first-order valence-corrected chi connectivity index (χ1v) is 11.9. The van der Waals surface area contributed by atoms with Crippen molar-refractivity contribution < 1.29 is 22.7 Å². The molecule has 2 rings (SSSR count). The number of esters is 1. The molecule has 1 aromatic rings. The van der Waals surface area contributed by atoms with Crippen LogP contribution in [0.2, 0.25) is 0 Å². The Balaban J connectivity index is 2.06. The van der Waals surface area contributed by atoms with Gasteiger partial charge in [0.15, 0.2) is 0 Å². The quantitative estimate of drug-likeness (QED) is 0.501. The molecule has 0 atom stereocenters. The van der Waals surface area contributed by atoms with E-state index in [0.717, 1.165) is 15.5 Å². The Kier molecular flexibility index (Phi) is 7.55. The van der Waals surface area contributed by atoms with Crippen molar-refractivity contribution >= 4 is 39.3 Å². The van der Waals surface area contributed by atoms with E-state index in [-0.39, 0.29) is 24.3 Å². The molecule has 1 aliphatic rings. The second kappa shape index (κ2) is 9.45. The molecular formula is C18H26N2O5S2. The molecule has 0 bridgehead atoms. The van der Waals surface area contributed by atoms with Gasteiger partial charge in [0.1, 0.15) is 6.54 Å². The Labute approximate surface area is 165 Å². The van der Waals surface area contributed by atoms with Gasteiger partial charge in [-0.05, 0) is 44.2 Å². The topological polar surface area (TPSA) is 84.0 Å². The molecule has 0 aromatic heterocycles. The van der Waals surface area contributed by atoms with Crippen molar-refractivity contribution in [2.45, 2.75) is 24.7 Å². The summed E-state index contributed by atoms with van der Waals surface area (Å²) in [5.74, 6) is -0.688. The first kappa shape index (κ1) is 21.6. The van der Waals surface area contributed by atoms with Crippen molar-refractivity contribution in [1.82, 2.24) is 4.90 Å². The summed E-state index contributed by atoms with van der Waals surface area (Å²) in [7, 11) is -3.61. The summed E-state index contributed by atoms with van der Waals surface area (Å²) in [4.78, 5) is 27.0. The van der Waals surface area contributed by atoms with Gasteiger partial charge in [0.05, 0.1) is 24.5 Å². The zero-order chi connectivity index (χ0) is 20.0. The largest absolute Gasteiger partial charge is 0.466 e. The fourth-order valence-electron chi connectivity index (χ4n) is 3.01. The van der Waals surface area contributed by atoms with Gasteiger partial charge in [0.25, 0.3) is 0 Å². The van der Waals surface area contributed by atoms with Gasteiger partial charge in [-0.1, -0.05) is 6.07 Å². The number of benzene rings is 1. The van der Waals surface area contributed by atoms with Crippen LogP contribution < -0.4 is 4.31 Å². The summed E-state index contributed by atoms with van der Waals surface area (Å²) in [6, 6.07) is 7.10. The predicted molar refractivity (Wildman–Crippen MR) is 106 cm³/mol. The third-order valence-corrected chi connectivity index (χ3v) is 6.35. The molecule has 27 heavy (non-hydrogen) atoms. The number of piperidine rings is 1. The SMILES string of the molecule is CCOC(=O)C1CCN(C(=O)CN(c2cccc(SC)c2)S(C)(=O)=O)CC1. The van der Waals surface area contributed by atoms with E-state index in [1.165, 1.54) is 11.8 Å². The number of anilines is 1. The number of hydrogen-bond acceptors (Lipinski definition) is 6. The Morgan fingerprint density at radius 3 is 2.52 bits per heavy atom. The lowest BCUT2D eigenvalue weighted by Crippen LogP contribution is -2.46. The Morgan fingerprint density at radius 2 is 1.96 bits per heavy atom. The molecule has 1 aromatic carbocycles. The molecule has 1 fully saturated rings. The van der Waals surface area contributed by atoms with Crippen LogP contribution in [-0.2, 0) is 24.3 Å². The van der Waals surface area contributed by atoms with Crippen LogP contribution in [0.15, 0.2) is 29.2 Å². The summed E-state index contributed by atoms with van der Waals surface area (Å²) >= 11 is 1.50. The Hall–Kier alpha value is -1.74. The number of carbonyl (C=O) groups is 2. The maximum atomic E-state index is 12.7. The molecule has 7 nitrogen and oxygen atoms in total. The molecule has 150 valence electrons. The molecule has 0 saturated carbocycles. The second-order valence-corrected chi connectivity index (χ2v) is 9.16. The minimum Gasteiger partial charge on any atom is -0.466 e. The van der Waals surface area contributed by atoms with Gasteiger partial charge in [-0.25, -0.2) is 8.42 Å². The summed E-state index contributed by atoms with van der Waals surface area (Å²) in [6.45, 7) is 2.70. The Bertz CT molecular complexity index is 774. The van der Waals surface area contributed by atoms with E-state index in [1.807, 2.05) is 12.3 Å². The number of rotatable bonds is 7. The van der Waals surface area contributed by atoms with Crippen LogP contribution in [0, 0.1) is 5.92 Å². The molecule has 1 aliphatic heterocycles. The third kappa shape index (κ3) is 5.87. The van der Waals surface area contributed by atoms with Gasteiger partial charge < -0.3 is 9.64 Å². The van der Waals surface area contributed by atoms with E-state index >= 15 is 0 Å². The number of amides is 1. The summed E-state index contributed by atoms with van der Waals surface area (Å²) in [5, 5.41) is 0. The molecule has 0 spiro atoms. The van der Waals surface area contributed by atoms with Crippen LogP contribution in [0.4, 0.5) is 5.69 Å². The van der Waals surface area contributed by atoms with Crippen molar-refractivity contribution in [3.8, 4) is 0 Å². The molecule has 1 heterocycles. The number of thioether (sulfide) groups is 1. The lowest BCUT2D eigenvalue weighted by atomic mass is 9.97. The van der Waals surface area contributed by atoms with Gasteiger partial charge >= 0.3 is 5.97 Å². The molecule has 1 saturated heterocycles. The van der Waals surface area contributed by atoms with Crippen molar-refractivity contribution in [1.29, 1.82) is 0 Å². The standard InChI is InChI=1S/C18H26N2O5S2/c1-4-25-18(22)14-8-10-19(11-9-14)17(21)13-20(27(3,23)24)15-6-5-7-16(12-15)26-2/h5-7,12,14H,4,8-11,13H2,1-3H3. The van der Waals surface area contributed by atoms with Crippen molar-refractivity contribution in [3.63, 3.8) is 0 Å². The highest BCUT2D eigenvalue weighted by molar-refractivity contribution is 7.98. The number of hydrogen-bond donors (Lipinski definition) is 0. The lowest BCUT2D eigenvalue weighted by molar-refractivity contribution is -0.151. The number of carbonyl (C=O) groups excluding carboxylic acids is 2. The molecule has 0 N–H and O–H groups in total. The second-order valence-electron chi connectivity index (χ2n) is 6.38. The maximum Gasteiger partial charge on any atom is 0.309 e. The van der Waals surface area contributed by atoms with E-state index < -0.39 is 10.0 Å². The highest BCUT2D eigenvalue weighted by Gasteiger charge is 2.30. The van der Waals surface area contributed by atoms with Crippen LogP contribution >= 0.6 is 11.8 Å². The smallest absolute Gasteiger partial charge is 0.309 e. The first-order valence-electron chi connectivity index (χ1n) is 8.82. The van der Waals surface area contributed by atoms with E-state index in [9.17, 15) is 18.0 Å². The molecule has 0 unspecified atom stereocenters. The monoisotopic (exact) mass is 414 g/mol. The van der Waals surface area contributed by atoms with Crippen molar-refractivity contribution in [2.24, 2.45) is 5.92 Å². The van der Waals surface area contributed by atoms with Crippen LogP contribution in [0.3, 0.4) is 0 Å². The van der Waals surface area contributed by atoms with Gasteiger partial charge in [0, 0.05) is 18.0 Å². The fraction of sp³-hybridized carbons (Fsp3) is 0.556. The maximum absolute atomic E-state index is 12.7. The Morgan fingerprint density at radius 1 is 1.30 bits per heavy atom. The minimum absolute atomic E-state index is 0.196. The fourth-order valence-corrected chi connectivity index (χ4v) is 4.31. The first-order chi connectivity index (χ1) is 12.8. The third-order valence-electron chi connectivity index (χ3n) is 4.49. The van der Waals surface area contributed by atoms with E-state index in [0.29, 0.717) is 38.2 Å². The molecule has 0 radical (unpaired) electrons.